The van der Waals surface area contributed by atoms with Crippen LogP contribution < -0.4 is 0 Å². The number of hydrogen-bond acceptors (Lipinski definition) is 2. The molecule has 0 fully saturated rings. The fourth-order valence-corrected chi connectivity index (χ4v) is 1.13. The molecule has 2 nitrogen and oxygen atoms in total. The number of allylic oxidation sites excluding steroid dienone is 5. The lowest BCUT2D eigenvalue weighted by atomic mass is 10.2. The molecule has 0 spiro atoms. The second-order valence-electron chi connectivity index (χ2n) is 3.53. The first-order valence-electron chi connectivity index (χ1n) is 5.91. The molecule has 0 amide bonds. The van der Waals surface area contributed by atoms with E-state index in [1.54, 1.807) is 0 Å². The third kappa shape index (κ3) is 12.7. The van der Waals surface area contributed by atoms with Gasteiger partial charge >= 0.3 is 5.97 Å². The number of rotatable bonds is 8. The third-order valence-corrected chi connectivity index (χ3v) is 1.94. The smallest absolute Gasteiger partial charge is 0.307 e. The largest absolute Gasteiger partial charge is 0.435 e. The van der Waals surface area contributed by atoms with Gasteiger partial charge in [0.15, 0.2) is 0 Å². The van der Waals surface area contributed by atoms with Gasteiger partial charge in [0.25, 0.3) is 0 Å². The average Bonchev–Trinajstić information content (AvgIpc) is 2.25. The average molecular weight is 222 g/mol. The summed E-state index contributed by atoms with van der Waals surface area (Å²) in [7, 11) is 0. The van der Waals surface area contributed by atoms with E-state index in [4.69, 9.17) is 0 Å². The third-order valence-electron chi connectivity index (χ3n) is 1.94. The number of carbonyl (C=O) groups is 1. The number of esters is 1. The molecule has 0 aliphatic heterocycles. The van der Waals surface area contributed by atoms with E-state index in [0.29, 0.717) is 0 Å². The molecule has 0 aliphatic carbocycles. The highest BCUT2D eigenvalue weighted by atomic mass is 16.5. The molecule has 2 heteroatoms. The van der Waals surface area contributed by atoms with Crippen molar-refractivity contribution in [2.24, 2.45) is 0 Å². The van der Waals surface area contributed by atoms with Gasteiger partial charge in [-0.2, -0.15) is 0 Å². The van der Waals surface area contributed by atoms with Crippen LogP contribution in [0.2, 0.25) is 0 Å². The van der Waals surface area contributed by atoms with Crippen molar-refractivity contribution in [3.05, 3.63) is 36.6 Å². The minimum atomic E-state index is -0.262. The molecule has 16 heavy (non-hydrogen) atoms. The number of carbonyl (C=O) groups excluding carboxylic acids is 1. The second kappa shape index (κ2) is 11.8. The molecule has 0 atom stereocenters. The number of unbranched alkanes of at least 4 members (excludes halogenated alkanes) is 3. The van der Waals surface area contributed by atoms with Crippen molar-refractivity contribution in [2.75, 3.05) is 0 Å². The standard InChI is InChI=1S/C14H22O2/c1-3-4-5-6-7-8-9-10-11-12-13-16-14(2)15/h4-7,12-13H,3,8-11H2,1-2H3/b5-4?,7-6-,13-12+. The maximum atomic E-state index is 10.4. The molecule has 0 N–H and O–H groups in total. The Hall–Kier alpha value is -1.31. The Labute approximate surface area is 98.7 Å². The van der Waals surface area contributed by atoms with Gasteiger partial charge in [0.1, 0.15) is 0 Å². The summed E-state index contributed by atoms with van der Waals surface area (Å²) in [6, 6.07) is 0. The van der Waals surface area contributed by atoms with Crippen LogP contribution in [-0.4, -0.2) is 5.97 Å². The highest BCUT2D eigenvalue weighted by Crippen LogP contribution is 2.02. The van der Waals surface area contributed by atoms with Crippen LogP contribution in [0.15, 0.2) is 36.6 Å². The summed E-state index contributed by atoms with van der Waals surface area (Å²) in [5.74, 6) is -0.262. The highest BCUT2D eigenvalue weighted by molar-refractivity contribution is 5.66. The second-order valence-corrected chi connectivity index (χ2v) is 3.53. The summed E-state index contributed by atoms with van der Waals surface area (Å²) < 4.78 is 4.67. The van der Waals surface area contributed by atoms with Crippen molar-refractivity contribution in [3.8, 4) is 0 Å². The molecule has 0 heterocycles. The Morgan fingerprint density at radius 3 is 2.31 bits per heavy atom. The van der Waals surface area contributed by atoms with E-state index in [0.717, 1.165) is 25.7 Å². The minimum absolute atomic E-state index is 0.262. The van der Waals surface area contributed by atoms with Crippen molar-refractivity contribution < 1.29 is 9.53 Å². The Bertz CT molecular complexity index is 249. The number of ether oxygens (including phenoxy) is 1. The van der Waals surface area contributed by atoms with Gasteiger partial charge in [0.05, 0.1) is 6.26 Å². The Morgan fingerprint density at radius 1 is 1.06 bits per heavy atom. The van der Waals surface area contributed by atoms with E-state index >= 15 is 0 Å². The van der Waals surface area contributed by atoms with Gasteiger partial charge in [0, 0.05) is 6.92 Å². The molecule has 0 saturated heterocycles. The molecule has 0 unspecified atom stereocenters. The predicted octanol–water partition coefficient (Wildman–Crippen LogP) is 4.15. The van der Waals surface area contributed by atoms with Crippen LogP contribution in [0.1, 0.15) is 46.0 Å². The summed E-state index contributed by atoms with van der Waals surface area (Å²) in [5.41, 5.74) is 0. The van der Waals surface area contributed by atoms with Gasteiger partial charge in [-0.1, -0.05) is 31.2 Å². The van der Waals surface area contributed by atoms with Gasteiger partial charge in [-0.25, -0.2) is 0 Å². The van der Waals surface area contributed by atoms with E-state index in [2.05, 4.69) is 36.0 Å². The van der Waals surface area contributed by atoms with E-state index < -0.39 is 0 Å². The fraction of sp³-hybridized carbons (Fsp3) is 0.500. The Balaban J connectivity index is 3.27. The highest BCUT2D eigenvalue weighted by Gasteiger charge is 1.86. The molecule has 90 valence electrons. The maximum absolute atomic E-state index is 10.4. The summed E-state index contributed by atoms with van der Waals surface area (Å²) in [5, 5.41) is 0. The molecule has 0 rings (SSSR count). The van der Waals surface area contributed by atoms with Gasteiger partial charge in [-0.3, -0.25) is 4.79 Å². The van der Waals surface area contributed by atoms with Crippen LogP contribution in [0.3, 0.4) is 0 Å². The Kier molecular flexibility index (Phi) is 10.8. The lowest BCUT2D eigenvalue weighted by molar-refractivity contribution is -0.135. The molecule has 0 aromatic carbocycles. The molecule has 0 bridgehead atoms. The molecular formula is C14H22O2. The fourth-order valence-electron chi connectivity index (χ4n) is 1.13. The topological polar surface area (TPSA) is 26.3 Å². The summed E-state index contributed by atoms with van der Waals surface area (Å²) in [4.78, 5) is 10.4. The van der Waals surface area contributed by atoms with Crippen LogP contribution in [-0.2, 0) is 9.53 Å². The van der Waals surface area contributed by atoms with E-state index in [-0.39, 0.29) is 5.97 Å². The van der Waals surface area contributed by atoms with Crippen LogP contribution in [0, 0.1) is 0 Å². The van der Waals surface area contributed by atoms with Gasteiger partial charge in [0.2, 0.25) is 0 Å². The van der Waals surface area contributed by atoms with Gasteiger partial charge < -0.3 is 4.74 Å². The van der Waals surface area contributed by atoms with Crippen molar-refractivity contribution in [3.63, 3.8) is 0 Å². The van der Waals surface area contributed by atoms with E-state index in [1.807, 2.05) is 6.08 Å². The zero-order chi connectivity index (χ0) is 12.1. The van der Waals surface area contributed by atoms with Crippen LogP contribution in [0.25, 0.3) is 0 Å². The van der Waals surface area contributed by atoms with E-state index in [1.165, 1.54) is 19.6 Å². The quantitative estimate of drug-likeness (QED) is 0.267. The molecular weight excluding hydrogens is 200 g/mol. The van der Waals surface area contributed by atoms with Crippen molar-refractivity contribution >= 4 is 5.97 Å². The lowest BCUT2D eigenvalue weighted by Gasteiger charge is -1.93. The normalized spacial score (nSPS) is 11.9. The molecule has 0 aliphatic rings. The van der Waals surface area contributed by atoms with Gasteiger partial charge in [-0.15, -0.1) is 0 Å². The van der Waals surface area contributed by atoms with Crippen LogP contribution >= 0.6 is 0 Å². The molecule has 0 saturated carbocycles. The lowest BCUT2D eigenvalue weighted by Crippen LogP contribution is -1.89. The zero-order valence-corrected chi connectivity index (χ0v) is 10.3. The van der Waals surface area contributed by atoms with Crippen molar-refractivity contribution in [1.82, 2.24) is 0 Å². The van der Waals surface area contributed by atoms with Crippen LogP contribution in [0.5, 0.6) is 0 Å². The summed E-state index contributed by atoms with van der Waals surface area (Å²) in [6.45, 7) is 3.53. The van der Waals surface area contributed by atoms with E-state index in [9.17, 15) is 4.79 Å². The predicted molar refractivity (Wildman–Crippen MR) is 67.9 cm³/mol. The zero-order valence-electron chi connectivity index (χ0n) is 10.3. The van der Waals surface area contributed by atoms with Crippen molar-refractivity contribution in [2.45, 2.75) is 46.0 Å². The molecule has 0 radical (unpaired) electrons. The molecule has 0 aromatic rings. The first-order valence-corrected chi connectivity index (χ1v) is 5.91. The SMILES string of the molecule is CCC=C/C=C\CCCC/C=C/OC(C)=O. The first kappa shape index (κ1) is 14.7. The number of hydrogen-bond donors (Lipinski definition) is 0. The van der Waals surface area contributed by atoms with Gasteiger partial charge in [-0.05, 0) is 38.2 Å². The maximum Gasteiger partial charge on any atom is 0.307 e. The summed E-state index contributed by atoms with van der Waals surface area (Å²) in [6.07, 6.45) is 17.3. The monoisotopic (exact) mass is 222 g/mol. The summed E-state index contributed by atoms with van der Waals surface area (Å²) >= 11 is 0. The van der Waals surface area contributed by atoms with Crippen LogP contribution in [0.4, 0.5) is 0 Å². The first-order chi connectivity index (χ1) is 7.77. The van der Waals surface area contributed by atoms with Crippen molar-refractivity contribution in [1.29, 1.82) is 0 Å². The minimum Gasteiger partial charge on any atom is -0.435 e. The Morgan fingerprint density at radius 2 is 1.69 bits per heavy atom. The molecule has 0 aromatic heterocycles.